The molecule has 1 aromatic heterocycles. The molecule has 0 atom stereocenters. The lowest BCUT2D eigenvalue weighted by Crippen LogP contribution is -2.41. The van der Waals surface area contributed by atoms with Crippen LogP contribution in [0.1, 0.15) is 83.1 Å². The third-order valence-electron chi connectivity index (χ3n) is 11.6. The van der Waals surface area contributed by atoms with Gasteiger partial charge in [0, 0.05) is 16.7 Å². The molecule has 0 spiro atoms. The Bertz CT molecular complexity index is 1700. The molecule has 0 radical (unpaired) electrons. The Morgan fingerprint density at radius 1 is 0.353 bits per heavy atom. The van der Waals surface area contributed by atoms with Gasteiger partial charge in [-0.2, -0.15) is 0 Å². The van der Waals surface area contributed by atoms with Crippen molar-refractivity contribution >= 4 is 37.7 Å². The summed E-state index contributed by atoms with van der Waals surface area (Å²) >= 11 is 0. The lowest BCUT2D eigenvalue weighted by atomic mass is 9.78. The van der Waals surface area contributed by atoms with Crippen molar-refractivity contribution < 1.29 is 27.9 Å². The Hall–Kier alpha value is -3.38. The van der Waals surface area contributed by atoms with Gasteiger partial charge in [-0.05, 0) is 99.5 Å². The summed E-state index contributed by atoms with van der Waals surface area (Å²) in [6.07, 6.45) is 0. The van der Waals surface area contributed by atoms with E-state index in [-0.39, 0.29) is 0 Å². The molecule has 9 nitrogen and oxygen atoms in total. The summed E-state index contributed by atoms with van der Waals surface area (Å²) < 4.78 is 38.3. The van der Waals surface area contributed by atoms with Crippen LogP contribution < -0.4 is 16.4 Å². The van der Waals surface area contributed by atoms with Gasteiger partial charge in [0.2, 0.25) is 0 Å². The number of rotatable bonds is 6. The van der Waals surface area contributed by atoms with Crippen molar-refractivity contribution in [3.05, 3.63) is 72.8 Å². The molecule has 0 saturated carbocycles. The van der Waals surface area contributed by atoms with E-state index in [1.807, 2.05) is 72.8 Å². The molecule has 12 heteroatoms. The predicted molar refractivity (Wildman–Crippen MR) is 203 cm³/mol. The smallest absolute Gasteiger partial charge is 0.399 e. The summed E-state index contributed by atoms with van der Waals surface area (Å²) in [5.74, 6) is 1.57. The highest BCUT2D eigenvalue weighted by Crippen LogP contribution is 2.39. The quantitative estimate of drug-likeness (QED) is 0.235. The summed E-state index contributed by atoms with van der Waals surface area (Å²) in [6, 6.07) is 24.1. The molecule has 3 aromatic carbocycles. The molecule has 0 aliphatic carbocycles. The second-order valence-corrected chi connectivity index (χ2v) is 16.9. The summed E-state index contributed by atoms with van der Waals surface area (Å²) in [5.41, 5.74) is 2.32. The zero-order valence-corrected chi connectivity index (χ0v) is 32.0. The fraction of sp³-hybridized carbons (Fsp3) is 0.462. The van der Waals surface area contributed by atoms with E-state index in [2.05, 4.69) is 83.1 Å². The van der Waals surface area contributed by atoms with Crippen LogP contribution >= 0.6 is 0 Å². The summed E-state index contributed by atoms with van der Waals surface area (Å²) in [5, 5.41) is 0. The topological polar surface area (TPSA) is 94.1 Å². The monoisotopic (exact) mass is 687 g/mol. The normalized spacial score (nSPS) is 22.5. The van der Waals surface area contributed by atoms with E-state index in [9.17, 15) is 0 Å². The van der Waals surface area contributed by atoms with Crippen molar-refractivity contribution in [1.82, 2.24) is 15.0 Å². The molecule has 264 valence electrons. The average Bonchev–Trinajstić information content (AvgIpc) is 3.54. The van der Waals surface area contributed by atoms with Gasteiger partial charge >= 0.3 is 21.4 Å². The minimum atomic E-state index is -0.524. The molecular weight excluding hydrogens is 639 g/mol. The van der Waals surface area contributed by atoms with E-state index in [1.54, 1.807) is 0 Å². The molecule has 4 aromatic rings. The maximum Gasteiger partial charge on any atom is 0.494 e. The van der Waals surface area contributed by atoms with Crippen molar-refractivity contribution in [2.75, 3.05) is 0 Å². The van der Waals surface area contributed by atoms with Crippen molar-refractivity contribution in [3.8, 4) is 34.2 Å². The van der Waals surface area contributed by atoms with Gasteiger partial charge in [-0.3, -0.25) is 0 Å². The highest BCUT2D eigenvalue weighted by Gasteiger charge is 2.53. The zero-order chi connectivity index (χ0) is 36.8. The zero-order valence-electron chi connectivity index (χ0n) is 32.0. The van der Waals surface area contributed by atoms with E-state index in [1.165, 1.54) is 0 Å². The molecule has 7 rings (SSSR count). The summed E-state index contributed by atoms with van der Waals surface area (Å²) in [6.45, 7) is 24.6. The Morgan fingerprint density at radius 2 is 0.569 bits per heavy atom. The standard InChI is InChI=1S/C39H48B3N3O6/c1-34(2)35(3,4)47-40(46-34)28-19-13-16-25(22-28)31-43-32(26-17-14-20-29(23-26)41-48-36(5,6)37(7,8)49-41)45-33(44-31)27-18-15-21-30(24-27)42-50-38(9,10)39(11,12)51-42/h13-24H,1-12H3. The number of benzene rings is 3. The Morgan fingerprint density at radius 3 is 0.784 bits per heavy atom. The molecule has 0 N–H and O–H groups in total. The molecule has 3 saturated heterocycles. The largest absolute Gasteiger partial charge is 0.494 e. The first kappa shape index (κ1) is 36.0. The fourth-order valence-electron chi connectivity index (χ4n) is 6.17. The minimum absolute atomic E-state index is 0.467. The maximum atomic E-state index is 6.39. The molecule has 4 heterocycles. The Labute approximate surface area is 303 Å². The molecule has 3 aliphatic rings. The SMILES string of the molecule is CC1(C)OB(c2cccc(-c3nc(-c4cccc(B5OC(C)(C)C(C)(C)O5)c4)nc(-c4cccc(B5OC(C)(C)C(C)(C)O5)c4)n3)c2)OC1(C)C. The van der Waals surface area contributed by atoms with E-state index in [4.69, 9.17) is 42.9 Å². The van der Waals surface area contributed by atoms with Crippen LogP contribution in [0.2, 0.25) is 0 Å². The van der Waals surface area contributed by atoms with Gasteiger partial charge in [0.15, 0.2) is 17.5 Å². The summed E-state index contributed by atoms with van der Waals surface area (Å²) in [4.78, 5) is 15.2. The molecule has 0 bridgehead atoms. The van der Waals surface area contributed by atoms with E-state index in [0.717, 1.165) is 33.1 Å². The van der Waals surface area contributed by atoms with Crippen LogP contribution in [0, 0.1) is 0 Å². The van der Waals surface area contributed by atoms with Crippen LogP contribution in [0.5, 0.6) is 0 Å². The van der Waals surface area contributed by atoms with Gasteiger partial charge in [0.05, 0.1) is 33.6 Å². The van der Waals surface area contributed by atoms with Gasteiger partial charge in [-0.25, -0.2) is 15.0 Å². The van der Waals surface area contributed by atoms with Gasteiger partial charge in [0.25, 0.3) is 0 Å². The lowest BCUT2D eigenvalue weighted by molar-refractivity contribution is 0.00578. The Balaban J connectivity index is 1.31. The lowest BCUT2D eigenvalue weighted by Gasteiger charge is -2.32. The third-order valence-corrected chi connectivity index (χ3v) is 11.6. The van der Waals surface area contributed by atoms with Crippen LogP contribution in [0.3, 0.4) is 0 Å². The first-order valence-corrected chi connectivity index (χ1v) is 17.8. The highest BCUT2D eigenvalue weighted by atomic mass is 16.7. The first-order chi connectivity index (χ1) is 23.7. The first-order valence-electron chi connectivity index (χ1n) is 17.8. The van der Waals surface area contributed by atoms with E-state index < -0.39 is 55.0 Å². The van der Waals surface area contributed by atoms with Crippen molar-refractivity contribution in [2.24, 2.45) is 0 Å². The van der Waals surface area contributed by atoms with Crippen molar-refractivity contribution in [1.29, 1.82) is 0 Å². The van der Waals surface area contributed by atoms with Crippen LogP contribution in [0.4, 0.5) is 0 Å². The van der Waals surface area contributed by atoms with Crippen molar-refractivity contribution in [3.63, 3.8) is 0 Å². The van der Waals surface area contributed by atoms with Gasteiger partial charge in [-0.15, -0.1) is 0 Å². The second kappa shape index (κ2) is 12.1. The third kappa shape index (κ3) is 6.49. The van der Waals surface area contributed by atoms with Gasteiger partial charge in [0.1, 0.15) is 0 Å². The molecular formula is C39H48B3N3O6. The Kier molecular flexibility index (Phi) is 8.53. The number of nitrogens with zero attached hydrogens (tertiary/aromatic N) is 3. The number of hydrogen-bond acceptors (Lipinski definition) is 9. The van der Waals surface area contributed by atoms with Gasteiger partial charge < -0.3 is 27.9 Å². The molecule has 0 amide bonds. The van der Waals surface area contributed by atoms with Crippen LogP contribution in [-0.2, 0) is 27.9 Å². The fourth-order valence-corrected chi connectivity index (χ4v) is 6.17. The minimum Gasteiger partial charge on any atom is -0.399 e. The van der Waals surface area contributed by atoms with E-state index in [0.29, 0.717) is 17.5 Å². The molecule has 3 aliphatic heterocycles. The molecule has 0 unspecified atom stereocenters. The average molecular weight is 687 g/mol. The predicted octanol–water partition coefficient (Wildman–Crippen LogP) is 5.77. The highest BCUT2D eigenvalue weighted by molar-refractivity contribution is 6.63. The van der Waals surface area contributed by atoms with E-state index >= 15 is 0 Å². The molecule has 3 fully saturated rings. The van der Waals surface area contributed by atoms with Crippen LogP contribution in [0.15, 0.2) is 72.8 Å². The van der Waals surface area contributed by atoms with Crippen molar-refractivity contribution in [2.45, 2.75) is 117 Å². The van der Waals surface area contributed by atoms with Gasteiger partial charge in [-0.1, -0.05) is 72.8 Å². The molecule has 51 heavy (non-hydrogen) atoms. The van der Waals surface area contributed by atoms with Crippen LogP contribution in [-0.4, -0.2) is 69.9 Å². The second-order valence-electron chi connectivity index (χ2n) is 16.9. The summed E-state index contributed by atoms with van der Waals surface area (Å²) in [7, 11) is -1.57. The maximum absolute atomic E-state index is 6.39. The number of hydrogen-bond donors (Lipinski definition) is 0. The number of aromatic nitrogens is 3. The van der Waals surface area contributed by atoms with Crippen LogP contribution in [0.25, 0.3) is 34.2 Å².